The molecule has 0 fully saturated rings. The smallest absolute Gasteiger partial charge is 0.233 e. The molecule has 106 valence electrons. The SMILES string of the molecule is COCCCNC(=O)CS(=O)c1ccc(N)cc1Cl. The summed E-state index contributed by atoms with van der Waals surface area (Å²) in [6.07, 6.45) is 0.720. The molecule has 0 radical (unpaired) electrons. The lowest BCUT2D eigenvalue weighted by Gasteiger charge is -2.07. The predicted molar refractivity (Wildman–Crippen MR) is 76.6 cm³/mol. The lowest BCUT2D eigenvalue weighted by Crippen LogP contribution is -2.29. The molecule has 1 unspecified atom stereocenters. The van der Waals surface area contributed by atoms with Crippen molar-refractivity contribution >= 4 is 34.0 Å². The van der Waals surface area contributed by atoms with Gasteiger partial charge in [-0.15, -0.1) is 0 Å². The second-order valence-electron chi connectivity index (χ2n) is 3.88. The van der Waals surface area contributed by atoms with Gasteiger partial charge in [0.1, 0.15) is 5.75 Å². The molecule has 0 bridgehead atoms. The van der Waals surface area contributed by atoms with Gasteiger partial charge in [0.05, 0.1) is 20.7 Å². The molecular formula is C12H17ClN2O3S. The molecule has 1 atom stereocenters. The Morgan fingerprint density at radius 2 is 2.26 bits per heavy atom. The summed E-state index contributed by atoms with van der Waals surface area (Å²) >= 11 is 5.93. The molecular weight excluding hydrogens is 288 g/mol. The first-order valence-corrected chi connectivity index (χ1v) is 7.43. The highest BCUT2D eigenvalue weighted by molar-refractivity contribution is 7.85. The lowest BCUT2D eigenvalue weighted by molar-refractivity contribution is -0.118. The molecule has 1 aromatic rings. The van der Waals surface area contributed by atoms with Crippen molar-refractivity contribution in [2.45, 2.75) is 11.3 Å². The summed E-state index contributed by atoms with van der Waals surface area (Å²) in [6.45, 7) is 1.08. The van der Waals surface area contributed by atoms with Crippen LogP contribution in [-0.2, 0) is 20.3 Å². The predicted octanol–water partition coefficient (Wildman–Crippen LogP) is 1.18. The van der Waals surface area contributed by atoms with Gasteiger partial charge in [0.15, 0.2) is 0 Å². The molecule has 0 aliphatic rings. The number of nitrogens with two attached hydrogens (primary N) is 1. The second kappa shape index (κ2) is 8.14. The Hall–Kier alpha value is -1.11. The van der Waals surface area contributed by atoms with E-state index in [9.17, 15) is 9.00 Å². The number of carbonyl (C=O) groups is 1. The standard InChI is InChI=1S/C12H17ClN2O3S/c1-18-6-2-5-15-12(16)8-19(17)11-4-3-9(14)7-10(11)13/h3-4,7H,2,5-6,8,14H2,1H3,(H,15,16). The van der Waals surface area contributed by atoms with Crippen LogP contribution >= 0.6 is 11.6 Å². The molecule has 0 heterocycles. The van der Waals surface area contributed by atoms with Crippen LogP contribution < -0.4 is 11.1 Å². The molecule has 0 saturated carbocycles. The molecule has 19 heavy (non-hydrogen) atoms. The minimum Gasteiger partial charge on any atom is -0.399 e. The number of ether oxygens (including phenoxy) is 1. The van der Waals surface area contributed by atoms with Crippen LogP contribution in [0.3, 0.4) is 0 Å². The maximum atomic E-state index is 12.0. The Balaban J connectivity index is 2.48. The third-order valence-electron chi connectivity index (χ3n) is 2.31. The summed E-state index contributed by atoms with van der Waals surface area (Å²) < 4.78 is 16.8. The maximum absolute atomic E-state index is 12.0. The zero-order chi connectivity index (χ0) is 14.3. The molecule has 0 aromatic heterocycles. The van der Waals surface area contributed by atoms with E-state index in [2.05, 4.69) is 5.32 Å². The fourth-order valence-corrected chi connectivity index (χ4v) is 2.83. The average Bonchev–Trinajstić information content (AvgIpc) is 2.34. The Morgan fingerprint density at radius 1 is 1.53 bits per heavy atom. The first kappa shape index (κ1) is 15.9. The monoisotopic (exact) mass is 304 g/mol. The van der Waals surface area contributed by atoms with Crippen LogP contribution in [0.4, 0.5) is 5.69 Å². The number of halogens is 1. The summed E-state index contributed by atoms with van der Waals surface area (Å²) in [5, 5.41) is 2.98. The van der Waals surface area contributed by atoms with E-state index in [4.69, 9.17) is 22.1 Å². The number of anilines is 1. The number of carbonyl (C=O) groups excluding carboxylic acids is 1. The van der Waals surface area contributed by atoms with Crippen molar-refractivity contribution < 1.29 is 13.7 Å². The second-order valence-corrected chi connectivity index (χ2v) is 5.70. The average molecular weight is 305 g/mol. The number of nitrogens with one attached hydrogen (secondary N) is 1. The third-order valence-corrected chi connectivity index (χ3v) is 4.11. The van der Waals surface area contributed by atoms with E-state index in [0.717, 1.165) is 6.42 Å². The normalized spacial score (nSPS) is 12.1. The van der Waals surface area contributed by atoms with Gasteiger partial charge < -0.3 is 15.8 Å². The number of amides is 1. The zero-order valence-electron chi connectivity index (χ0n) is 10.6. The summed E-state index contributed by atoms with van der Waals surface area (Å²) in [5.41, 5.74) is 6.04. The first-order chi connectivity index (χ1) is 9.04. The minimum absolute atomic E-state index is 0.114. The summed E-state index contributed by atoms with van der Waals surface area (Å²) in [4.78, 5) is 12.0. The first-order valence-electron chi connectivity index (χ1n) is 5.73. The molecule has 1 rings (SSSR count). The quantitative estimate of drug-likeness (QED) is 0.585. The number of hydrogen-bond acceptors (Lipinski definition) is 4. The number of rotatable bonds is 7. The van der Waals surface area contributed by atoms with Crippen molar-refractivity contribution in [3.63, 3.8) is 0 Å². The van der Waals surface area contributed by atoms with Gasteiger partial charge >= 0.3 is 0 Å². The molecule has 1 amide bonds. The molecule has 0 aliphatic carbocycles. The summed E-state index contributed by atoms with van der Waals surface area (Å²) in [6, 6.07) is 4.70. The lowest BCUT2D eigenvalue weighted by atomic mass is 10.3. The molecule has 3 N–H and O–H groups in total. The van der Waals surface area contributed by atoms with E-state index in [-0.39, 0.29) is 11.7 Å². The molecule has 7 heteroatoms. The molecule has 0 saturated heterocycles. The van der Waals surface area contributed by atoms with Gasteiger partial charge in [0.25, 0.3) is 0 Å². The topological polar surface area (TPSA) is 81.4 Å². The van der Waals surface area contributed by atoms with E-state index < -0.39 is 10.8 Å². The van der Waals surface area contributed by atoms with Crippen LogP contribution in [0.25, 0.3) is 0 Å². The van der Waals surface area contributed by atoms with Crippen LogP contribution in [0.1, 0.15) is 6.42 Å². The van der Waals surface area contributed by atoms with E-state index in [1.165, 1.54) is 6.07 Å². The van der Waals surface area contributed by atoms with Gasteiger partial charge in [0.2, 0.25) is 5.91 Å². The van der Waals surface area contributed by atoms with Gasteiger partial charge in [-0.3, -0.25) is 9.00 Å². The van der Waals surface area contributed by atoms with Crippen molar-refractivity contribution in [2.75, 3.05) is 31.7 Å². The van der Waals surface area contributed by atoms with Crippen LogP contribution in [0.2, 0.25) is 5.02 Å². The molecule has 0 spiro atoms. The molecule has 1 aromatic carbocycles. The van der Waals surface area contributed by atoms with Crippen molar-refractivity contribution in [3.8, 4) is 0 Å². The van der Waals surface area contributed by atoms with Crippen LogP contribution in [0.15, 0.2) is 23.1 Å². The van der Waals surface area contributed by atoms with Crippen LogP contribution in [0, 0.1) is 0 Å². The van der Waals surface area contributed by atoms with Crippen LogP contribution in [0.5, 0.6) is 0 Å². The van der Waals surface area contributed by atoms with Crippen molar-refractivity contribution in [2.24, 2.45) is 0 Å². The fourth-order valence-electron chi connectivity index (χ4n) is 1.39. The van der Waals surface area contributed by atoms with Gasteiger partial charge in [-0.05, 0) is 24.6 Å². The Kier molecular flexibility index (Phi) is 6.83. The van der Waals surface area contributed by atoms with E-state index in [1.54, 1.807) is 19.2 Å². The summed E-state index contributed by atoms with van der Waals surface area (Å²) in [7, 11) is 0.126. The highest BCUT2D eigenvalue weighted by Crippen LogP contribution is 2.22. The van der Waals surface area contributed by atoms with E-state index >= 15 is 0 Å². The Labute approximate surface area is 119 Å². The number of nitrogen functional groups attached to an aromatic ring is 1. The highest BCUT2D eigenvalue weighted by atomic mass is 35.5. The zero-order valence-corrected chi connectivity index (χ0v) is 12.2. The van der Waals surface area contributed by atoms with Gasteiger partial charge in [0, 0.05) is 25.9 Å². The Morgan fingerprint density at radius 3 is 2.89 bits per heavy atom. The molecule has 5 nitrogen and oxygen atoms in total. The number of hydrogen-bond donors (Lipinski definition) is 2. The summed E-state index contributed by atoms with van der Waals surface area (Å²) in [5.74, 6) is -0.390. The van der Waals surface area contributed by atoms with Gasteiger partial charge in [-0.1, -0.05) is 11.6 Å². The van der Waals surface area contributed by atoms with E-state index in [1.807, 2.05) is 0 Å². The van der Waals surface area contributed by atoms with Gasteiger partial charge in [-0.2, -0.15) is 0 Å². The highest BCUT2D eigenvalue weighted by Gasteiger charge is 2.13. The van der Waals surface area contributed by atoms with Crippen molar-refractivity contribution in [1.82, 2.24) is 5.32 Å². The maximum Gasteiger partial charge on any atom is 0.233 e. The van der Waals surface area contributed by atoms with Gasteiger partial charge in [-0.25, -0.2) is 0 Å². The van der Waals surface area contributed by atoms with Crippen LogP contribution in [-0.4, -0.2) is 36.1 Å². The van der Waals surface area contributed by atoms with E-state index in [0.29, 0.717) is 28.8 Å². The molecule has 0 aliphatic heterocycles. The van der Waals surface area contributed by atoms with Crippen molar-refractivity contribution in [1.29, 1.82) is 0 Å². The largest absolute Gasteiger partial charge is 0.399 e. The fraction of sp³-hybridized carbons (Fsp3) is 0.417. The minimum atomic E-state index is -1.47. The third kappa shape index (κ3) is 5.59. The number of methoxy groups -OCH3 is 1. The Bertz CT molecular complexity index is 468. The number of benzene rings is 1. The van der Waals surface area contributed by atoms with Crippen molar-refractivity contribution in [3.05, 3.63) is 23.2 Å².